The molecule has 0 saturated heterocycles. The third-order valence-electron chi connectivity index (χ3n) is 3.10. The largest absolute Gasteiger partial charge is 0.486 e. The highest BCUT2D eigenvalue weighted by Gasteiger charge is 2.17. The molecule has 1 aliphatic rings. The number of halogens is 3. The molecule has 2 aromatic carbocycles. The fourth-order valence-electron chi connectivity index (χ4n) is 2.08. The van der Waals surface area contributed by atoms with Gasteiger partial charge in [0, 0.05) is 0 Å². The van der Waals surface area contributed by atoms with E-state index in [4.69, 9.17) is 32.7 Å². The van der Waals surface area contributed by atoms with Gasteiger partial charge in [-0.1, -0.05) is 51.3 Å². The van der Waals surface area contributed by atoms with Crippen LogP contribution in [0.5, 0.6) is 11.5 Å². The van der Waals surface area contributed by atoms with E-state index in [0.29, 0.717) is 23.3 Å². The molecule has 0 amide bonds. The molecule has 0 aromatic heterocycles. The standard InChI is InChI=1S/C15H11BrCl2O2/c16-15(9-1-3-11(17)12(18)7-9)10-2-4-13-14(8-10)20-6-5-19-13/h1-4,7-8,15H,5-6H2. The molecule has 1 unspecified atom stereocenters. The van der Waals surface area contributed by atoms with Crippen LogP contribution in [0.4, 0.5) is 0 Å². The fourth-order valence-corrected chi connectivity index (χ4v) is 2.96. The summed E-state index contributed by atoms with van der Waals surface area (Å²) in [5, 5.41) is 1.10. The predicted molar refractivity (Wildman–Crippen MR) is 84.7 cm³/mol. The Labute approximate surface area is 135 Å². The van der Waals surface area contributed by atoms with Crippen LogP contribution in [-0.4, -0.2) is 13.2 Å². The van der Waals surface area contributed by atoms with Crippen LogP contribution in [0.15, 0.2) is 36.4 Å². The summed E-state index contributed by atoms with van der Waals surface area (Å²) in [5.74, 6) is 1.56. The Kier molecular flexibility index (Phi) is 4.11. The fraction of sp³-hybridized carbons (Fsp3) is 0.200. The maximum atomic E-state index is 6.06. The van der Waals surface area contributed by atoms with E-state index in [1.807, 2.05) is 30.3 Å². The van der Waals surface area contributed by atoms with Gasteiger partial charge in [-0.2, -0.15) is 0 Å². The van der Waals surface area contributed by atoms with E-state index in [0.717, 1.165) is 22.6 Å². The summed E-state index contributed by atoms with van der Waals surface area (Å²) >= 11 is 15.7. The highest BCUT2D eigenvalue weighted by molar-refractivity contribution is 9.09. The second-order valence-electron chi connectivity index (χ2n) is 4.44. The molecule has 2 aromatic rings. The average molecular weight is 374 g/mol. The van der Waals surface area contributed by atoms with E-state index in [2.05, 4.69) is 15.9 Å². The van der Waals surface area contributed by atoms with Gasteiger partial charge in [-0.05, 0) is 35.4 Å². The molecule has 1 atom stereocenters. The lowest BCUT2D eigenvalue weighted by Gasteiger charge is -2.20. The summed E-state index contributed by atoms with van der Waals surface area (Å²) < 4.78 is 11.1. The van der Waals surface area contributed by atoms with Crippen molar-refractivity contribution in [2.45, 2.75) is 4.83 Å². The third kappa shape index (κ3) is 2.76. The Hall–Kier alpha value is -0.900. The first-order valence-corrected chi connectivity index (χ1v) is 7.81. The zero-order valence-corrected chi connectivity index (χ0v) is 13.5. The van der Waals surface area contributed by atoms with Crippen molar-refractivity contribution in [3.8, 4) is 11.5 Å². The molecule has 1 aliphatic heterocycles. The minimum atomic E-state index is 0.0214. The first-order valence-electron chi connectivity index (χ1n) is 6.14. The lowest BCUT2D eigenvalue weighted by Crippen LogP contribution is -2.15. The van der Waals surface area contributed by atoms with E-state index in [1.165, 1.54) is 0 Å². The van der Waals surface area contributed by atoms with E-state index >= 15 is 0 Å². The van der Waals surface area contributed by atoms with Gasteiger partial charge in [0.1, 0.15) is 13.2 Å². The van der Waals surface area contributed by atoms with Gasteiger partial charge in [-0.15, -0.1) is 0 Å². The van der Waals surface area contributed by atoms with Crippen molar-refractivity contribution in [1.82, 2.24) is 0 Å². The lowest BCUT2D eigenvalue weighted by molar-refractivity contribution is 0.171. The number of hydrogen-bond donors (Lipinski definition) is 0. The summed E-state index contributed by atoms with van der Waals surface area (Å²) in [5.41, 5.74) is 2.11. The van der Waals surface area contributed by atoms with Crippen LogP contribution in [0.3, 0.4) is 0 Å². The number of fused-ring (bicyclic) bond motifs is 1. The molecule has 2 nitrogen and oxygen atoms in total. The van der Waals surface area contributed by atoms with Crippen molar-refractivity contribution in [1.29, 1.82) is 0 Å². The number of hydrogen-bond acceptors (Lipinski definition) is 2. The minimum absolute atomic E-state index is 0.0214. The SMILES string of the molecule is Clc1ccc(C(Br)c2ccc3c(c2)OCCO3)cc1Cl. The molecule has 0 radical (unpaired) electrons. The molecule has 104 valence electrons. The van der Waals surface area contributed by atoms with Gasteiger partial charge in [-0.3, -0.25) is 0 Å². The van der Waals surface area contributed by atoms with E-state index in [1.54, 1.807) is 6.07 Å². The first-order chi connectivity index (χ1) is 9.65. The molecule has 0 fully saturated rings. The minimum Gasteiger partial charge on any atom is -0.486 e. The third-order valence-corrected chi connectivity index (χ3v) is 4.89. The number of benzene rings is 2. The van der Waals surface area contributed by atoms with E-state index in [-0.39, 0.29) is 4.83 Å². The topological polar surface area (TPSA) is 18.5 Å². The number of ether oxygens (including phenoxy) is 2. The molecule has 1 heterocycles. The summed E-state index contributed by atoms with van der Waals surface area (Å²) in [4.78, 5) is 0.0214. The van der Waals surface area contributed by atoms with Gasteiger partial charge in [-0.25, -0.2) is 0 Å². The Morgan fingerprint density at radius 2 is 1.50 bits per heavy atom. The van der Waals surface area contributed by atoms with Crippen molar-refractivity contribution in [3.63, 3.8) is 0 Å². The van der Waals surface area contributed by atoms with Gasteiger partial charge in [0.25, 0.3) is 0 Å². The van der Waals surface area contributed by atoms with Crippen LogP contribution in [0.25, 0.3) is 0 Å². The molecule has 5 heteroatoms. The zero-order chi connectivity index (χ0) is 14.1. The zero-order valence-electron chi connectivity index (χ0n) is 10.4. The lowest BCUT2D eigenvalue weighted by atomic mass is 10.0. The molecule has 0 saturated carbocycles. The van der Waals surface area contributed by atoms with Crippen molar-refractivity contribution >= 4 is 39.1 Å². The Balaban J connectivity index is 1.93. The molecule has 0 aliphatic carbocycles. The van der Waals surface area contributed by atoms with Crippen LogP contribution in [-0.2, 0) is 0 Å². The van der Waals surface area contributed by atoms with Crippen molar-refractivity contribution in [2.24, 2.45) is 0 Å². The van der Waals surface area contributed by atoms with Gasteiger partial charge in [0.2, 0.25) is 0 Å². The molecule has 0 N–H and O–H groups in total. The van der Waals surface area contributed by atoms with E-state index in [9.17, 15) is 0 Å². The smallest absolute Gasteiger partial charge is 0.161 e. The molecular weight excluding hydrogens is 363 g/mol. The van der Waals surface area contributed by atoms with Crippen molar-refractivity contribution in [2.75, 3.05) is 13.2 Å². The average Bonchev–Trinajstić information content (AvgIpc) is 2.49. The van der Waals surface area contributed by atoms with Crippen LogP contribution >= 0.6 is 39.1 Å². The van der Waals surface area contributed by atoms with Gasteiger partial charge < -0.3 is 9.47 Å². The summed E-state index contributed by atoms with van der Waals surface area (Å²) in [6.45, 7) is 1.17. The molecule has 20 heavy (non-hydrogen) atoms. The highest BCUT2D eigenvalue weighted by Crippen LogP contribution is 2.39. The van der Waals surface area contributed by atoms with Gasteiger partial charge in [0.05, 0.1) is 14.9 Å². The van der Waals surface area contributed by atoms with Gasteiger partial charge in [0.15, 0.2) is 11.5 Å². The van der Waals surface area contributed by atoms with Gasteiger partial charge >= 0.3 is 0 Å². The maximum absolute atomic E-state index is 6.06. The van der Waals surface area contributed by atoms with Crippen molar-refractivity contribution in [3.05, 3.63) is 57.6 Å². The van der Waals surface area contributed by atoms with Crippen LogP contribution < -0.4 is 9.47 Å². The summed E-state index contributed by atoms with van der Waals surface area (Å²) in [7, 11) is 0. The van der Waals surface area contributed by atoms with Crippen LogP contribution in [0, 0.1) is 0 Å². The monoisotopic (exact) mass is 372 g/mol. The second kappa shape index (κ2) is 5.84. The summed E-state index contributed by atoms with van der Waals surface area (Å²) in [6.07, 6.45) is 0. The Morgan fingerprint density at radius 3 is 2.25 bits per heavy atom. The Morgan fingerprint density at radius 1 is 0.850 bits per heavy atom. The number of alkyl halides is 1. The highest BCUT2D eigenvalue weighted by atomic mass is 79.9. The number of rotatable bonds is 2. The molecule has 0 bridgehead atoms. The maximum Gasteiger partial charge on any atom is 0.161 e. The van der Waals surface area contributed by atoms with Crippen molar-refractivity contribution < 1.29 is 9.47 Å². The molecular formula is C15H11BrCl2O2. The molecule has 0 spiro atoms. The quantitative estimate of drug-likeness (QED) is 0.669. The summed E-state index contributed by atoms with van der Waals surface area (Å²) in [6, 6.07) is 11.5. The second-order valence-corrected chi connectivity index (χ2v) is 6.17. The van der Waals surface area contributed by atoms with E-state index < -0.39 is 0 Å². The van der Waals surface area contributed by atoms with Crippen LogP contribution in [0.1, 0.15) is 16.0 Å². The normalized spacial score (nSPS) is 14.9. The Bertz CT molecular complexity index is 646. The van der Waals surface area contributed by atoms with Crippen LogP contribution in [0.2, 0.25) is 10.0 Å². The predicted octanol–water partition coefficient (Wildman–Crippen LogP) is 5.25. The molecule has 3 rings (SSSR count). The first kappa shape index (κ1) is 14.1.